The lowest BCUT2D eigenvalue weighted by Gasteiger charge is -2.10. The lowest BCUT2D eigenvalue weighted by molar-refractivity contribution is -0.144. The molecule has 0 saturated carbocycles. The number of aliphatic hydroxyl groups excluding tert-OH is 1. The normalized spacial score (nSPS) is 12.0. The molecule has 0 amide bonds. The SMILES string of the molecule is Cc1cc2c(NCCOCCO)nc(C(F)(F)F)nc2[nH]1. The molecule has 0 spiro atoms. The number of aromatic amines is 1. The van der Waals surface area contributed by atoms with Gasteiger partial charge in [-0.1, -0.05) is 0 Å². The van der Waals surface area contributed by atoms with Crippen LogP contribution in [0.3, 0.4) is 0 Å². The van der Waals surface area contributed by atoms with Gasteiger partial charge in [-0.25, -0.2) is 9.97 Å². The van der Waals surface area contributed by atoms with E-state index in [-0.39, 0.29) is 37.8 Å². The summed E-state index contributed by atoms with van der Waals surface area (Å²) in [4.78, 5) is 9.79. The van der Waals surface area contributed by atoms with E-state index in [0.29, 0.717) is 11.1 Å². The van der Waals surface area contributed by atoms with Crippen LogP contribution >= 0.6 is 0 Å². The molecule has 2 heterocycles. The molecule has 0 fully saturated rings. The zero-order chi connectivity index (χ0) is 15.5. The van der Waals surface area contributed by atoms with Gasteiger partial charge in [-0.15, -0.1) is 0 Å². The number of nitrogens with one attached hydrogen (secondary N) is 2. The van der Waals surface area contributed by atoms with Crippen LogP contribution in [-0.4, -0.2) is 46.4 Å². The average Bonchev–Trinajstić information content (AvgIpc) is 2.77. The van der Waals surface area contributed by atoms with Crippen LogP contribution in [0.5, 0.6) is 0 Å². The molecule has 0 aliphatic rings. The molecule has 2 aromatic rings. The van der Waals surface area contributed by atoms with Crippen molar-refractivity contribution in [2.24, 2.45) is 0 Å². The Hall–Kier alpha value is -1.87. The molecule has 2 rings (SSSR count). The number of hydrogen-bond acceptors (Lipinski definition) is 5. The Morgan fingerprint density at radius 3 is 2.76 bits per heavy atom. The second-order valence-electron chi connectivity index (χ2n) is 4.37. The van der Waals surface area contributed by atoms with Crippen molar-refractivity contribution in [1.29, 1.82) is 0 Å². The van der Waals surface area contributed by atoms with Crippen molar-refractivity contribution in [3.05, 3.63) is 17.6 Å². The van der Waals surface area contributed by atoms with Crippen LogP contribution in [0.2, 0.25) is 0 Å². The maximum atomic E-state index is 12.8. The van der Waals surface area contributed by atoms with Crippen molar-refractivity contribution in [3.63, 3.8) is 0 Å². The lowest BCUT2D eigenvalue weighted by atomic mass is 10.3. The van der Waals surface area contributed by atoms with E-state index in [1.54, 1.807) is 13.0 Å². The molecule has 0 radical (unpaired) electrons. The molecule has 6 nitrogen and oxygen atoms in total. The summed E-state index contributed by atoms with van der Waals surface area (Å²) < 4.78 is 43.3. The Balaban J connectivity index is 2.23. The molecular formula is C12H15F3N4O2. The first-order valence-corrected chi connectivity index (χ1v) is 6.29. The molecule has 3 N–H and O–H groups in total. The number of aliphatic hydroxyl groups is 1. The molecule has 0 aliphatic heterocycles. The third-order valence-corrected chi connectivity index (χ3v) is 2.65. The van der Waals surface area contributed by atoms with Crippen LogP contribution in [0, 0.1) is 6.92 Å². The lowest BCUT2D eigenvalue weighted by Crippen LogP contribution is -2.16. The van der Waals surface area contributed by atoms with Gasteiger partial charge < -0.3 is 20.1 Å². The Bertz CT molecular complexity index is 612. The Kier molecular flexibility index (Phi) is 4.63. The number of rotatable bonds is 6. The van der Waals surface area contributed by atoms with E-state index >= 15 is 0 Å². The van der Waals surface area contributed by atoms with Gasteiger partial charge in [-0.3, -0.25) is 0 Å². The number of anilines is 1. The van der Waals surface area contributed by atoms with Crippen molar-refractivity contribution >= 4 is 16.9 Å². The van der Waals surface area contributed by atoms with Crippen LogP contribution in [0.4, 0.5) is 19.0 Å². The number of aryl methyl sites for hydroxylation is 1. The van der Waals surface area contributed by atoms with E-state index in [9.17, 15) is 13.2 Å². The van der Waals surface area contributed by atoms with Crippen LogP contribution < -0.4 is 5.32 Å². The van der Waals surface area contributed by atoms with Crippen LogP contribution in [0.25, 0.3) is 11.0 Å². The predicted molar refractivity (Wildman–Crippen MR) is 70.0 cm³/mol. The highest BCUT2D eigenvalue weighted by Gasteiger charge is 2.35. The minimum absolute atomic E-state index is 0.101. The fourth-order valence-electron chi connectivity index (χ4n) is 1.81. The quantitative estimate of drug-likeness (QED) is 0.708. The number of alkyl halides is 3. The van der Waals surface area contributed by atoms with E-state index in [1.807, 2.05) is 0 Å². The minimum Gasteiger partial charge on any atom is -0.394 e. The van der Waals surface area contributed by atoms with Gasteiger partial charge in [0, 0.05) is 12.2 Å². The highest BCUT2D eigenvalue weighted by atomic mass is 19.4. The molecular weight excluding hydrogens is 289 g/mol. The van der Waals surface area contributed by atoms with Gasteiger partial charge in [0.25, 0.3) is 0 Å². The summed E-state index contributed by atoms with van der Waals surface area (Å²) in [6, 6.07) is 1.67. The van der Waals surface area contributed by atoms with Crippen LogP contribution in [-0.2, 0) is 10.9 Å². The van der Waals surface area contributed by atoms with Gasteiger partial charge in [0.1, 0.15) is 11.5 Å². The summed E-state index contributed by atoms with van der Waals surface area (Å²) in [7, 11) is 0. The molecule has 0 aromatic carbocycles. The van der Waals surface area contributed by atoms with Crippen molar-refractivity contribution in [3.8, 4) is 0 Å². The van der Waals surface area contributed by atoms with Gasteiger partial charge in [0.05, 0.1) is 25.2 Å². The summed E-state index contributed by atoms with van der Waals surface area (Å²) >= 11 is 0. The van der Waals surface area contributed by atoms with Crippen molar-refractivity contribution in [2.45, 2.75) is 13.1 Å². The van der Waals surface area contributed by atoms with Crippen molar-refractivity contribution in [2.75, 3.05) is 31.7 Å². The maximum absolute atomic E-state index is 12.8. The number of aromatic nitrogens is 3. The molecule has 21 heavy (non-hydrogen) atoms. The third kappa shape index (κ3) is 3.82. The smallest absolute Gasteiger partial charge is 0.394 e. The second kappa shape index (κ2) is 6.27. The number of H-pyrrole nitrogens is 1. The first-order valence-electron chi connectivity index (χ1n) is 6.29. The summed E-state index contributed by atoms with van der Waals surface area (Å²) in [5.41, 5.74) is 0.826. The predicted octanol–water partition coefficient (Wildman–Crippen LogP) is 1.71. The topological polar surface area (TPSA) is 83.1 Å². The minimum atomic E-state index is -4.61. The second-order valence-corrected chi connectivity index (χ2v) is 4.37. The van der Waals surface area contributed by atoms with Crippen LogP contribution in [0.15, 0.2) is 6.07 Å². The monoisotopic (exact) mass is 304 g/mol. The third-order valence-electron chi connectivity index (χ3n) is 2.65. The highest BCUT2D eigenvalue weighted by Crippen LogP contribution is 2.30. The summed E-state index contributed by atoms with van der Waals surface area (Å²) in [6.45, 7) is 2.32. The first-order chi connectivity index (χ1) is 9.91. The average molecular weight is 304 g/mol. The molecule has 116 valence electrons. The van der Waals surface area contributed by atoms with Crippen molar-refractivity contribution in [1.82, 2.24) is 15.0 Å². The van der Waals surface area contributed by atoms with Gasteiger partial charge in [-0.2, -0.15) is 13.2 Å². The number of hydrogen-bond donors (Lipinski definition) is 3. The van der Waals surface area contributed by atoms with E-state index < -0.39 is 12.0 Å². The van der Waals surface area contributed by atoms with Gasteiger partial charge >= 0.3 is 6.18 Å². The van der Waals surface area contributed by atoms with Gasteiger partial charge in [0.2, 0.25) is 5.82 Å². The van der Waals surface area contributed by atoms with E-state index in [0.717, 1.165) is 0 Å². The first kappa shape index (κ1) is 15.5. The standard InChI is InChI=1S/C12H15F3N4O2/c1-7-6-8-9(16-2-4-21-5-3-20)18-11(12(13,14)15)19-10(8)17-7/h6,20H,2-5H2,1H3,(H2,16,17,18,19). The molecule has 0 saturated heterocycles. The van der Waals surface area contributed by atoms with E-state index in [1.165, 1.54) is 0 Å². The number of nitrogens with zero attached hydrogens (tertiary/aromatic N) is 2. The Morgan fingerprint density at radius 2 is 2.10 bits per heavy atom. The summed E-state index contributed by atoms with van der Waals surface area (Å²) in [5, 5.41) is 11.8. The zero-order valence-electron chi connectivity index (χ0n) is 11.3. The zero-order valence-corrected chi connectivity index (χ0v) is 11.3. The van der Waals surface area contributed by atoms with E-state index in [4.69, 9.17) is 9.84 Å². The largest absolute Gasteiger partial charge is 0.451 e. The number of ether oxygens (including phenoxy) is 1. The summed E-state index contributed by atoms with van der Waals surface area (Å²) in [5.74, 6) is -1.10. The molecule has 9 heteroatoms. The highest BCUT2D eigenvalue weighted by molar-refractivity contribution is 5.87. The summed E-state index contributed by atoms with van der Waals surface area (Å²) in [6.07, 6.45) is -4.61. The van der Waals surface area contributed by atoms with E-state index in [2.05, 4.69) is 20.3 Å². The molecule has 0 bridgehead atoms. The fraction of sp³-hybridized carbons (Fsp3) is 0.500. The number of halogens is 3. The van der Waals surface area contributed by atoms with Crippen molar-refractivity contribution < 1.29 is 23.0 Å². The molecule has 0 aliphatic carbocycles. The maximum Gasteiger partial charge on any atom is 0.451 e. The Labute approximate surface area is 118 Å². The molecule has 0 unspecified atom stereocenters. The van der Waals surface area contributed by atoms with Gasteiger partial charge in [0.15, 0.2) is 0 Å². The fourth-order valence-corrected chi connectivity index (χ4v) is 1.81. The molecule has 0 atom stereocenters. The van der Waals surface area contributed by atoms with Gasteiger partial charge in [-0.05, 0) is 13.0 Å². The van der Waals surface area contributed by atoms with Crippen LogP contribution in [0.1, 0.15) is 11.5 Å². The number of fused-ring (bicyclic) bond motifs is 1. The Morgan fingerprint density at radius 1 is 1.33 bits per heavy atom. The molecule has 2 aromatic heterocycles.